The maximum Gasteiger partial charge on any atom is 0.255 e. The molecule has 2 heterocycles. The predicted octanol–water partition coefficient (Wildman–Crippen LogP) is 3.34. The second-order valence-electron chi connectivity index (χ2n) is 6.74. The molecule has 0 fully saturated rings. The van der Waals surface area contributed by atoms with Crippen LogP contribution in [0.1, 0.15) is 35.5 Å². The number of hydrogen-bond acceptors (Lipinski definition) is 4. The van der Waals surface area contributed by atoms with Crippen molar-refractivity contribution in [2.45, 2.75) is 33.4 Å². The summed E-state index contributed by atoms with van der Waals surface area (Å²) in [4.78, 5) is 19.8. The molecule has 0 N–H and O–H groups in total. The molecule has 3 rings (SSSR count). The number of carbonyl (C=O) groups is 1. The molecule has 6 nitrogen and oxygen atoms in total. The van der Waals surface area contributed by atoms with Gasteiger partial charge in [0.25, 0.3) is 5.91 Å². The number of methoxy groups -OCH3 is 1. The van der Waals surface area contributed by atoms with E-state index in [4.69, 9.17) is 4.74 Å². The van der Waals surface area contributed by atoms with E-state index in [1.54, 1.807) is 18.0 Å². The van der Waals surface area contributed by atoms with Gasteiger partial charge in [-0.05, 0) is 39.0 Å². The summed E-state index contributed by atoms with van der Waals surface area (Å²) >= 11 is 0. The van der Waals surface area contributed by atoms with Crippen molar-refractivity contribution in [2.75, 3.05) is 7.11 Å². The minimum absolute atomic E-state index is 0.00970. The molecule has 0 unspecified atom stereocenters. The van der Waals surface area contributed by atoms with E-state index in [0.717, 1.165) is 27.9 Å². The maximum atomic E-state index is 13.4. The SMILES string of the molecule is COc1ccc2c(C(=O)N(Cc3cnn(C)c3)C(C)C)cc(C)nc2c1. The molecule has 1 aromatic carbocycles. The molecule has 136 valence electrons. The maximum absolute atomic E-state index is 13.4. The first-order valence-electron chi connectivity index (χ1n) is 8.63. The van der Waals surface area contributed by atoms with Gasteiger partial charge < -0.3 is 9.64 Å². The summed E-state index contributed by atoms with van der Waals surface area (Å²) in [6, 6.07) is 7.53. The monoisotopic (exact) mass is 352 g/mol. The van der Waals surface area contributed by atoms with Crippen LogP contribution in [0.4, 0.5) is 0 Å². The molecule has 26 heavy (non-hydrogen) atoms. The van der Waals surface area contributed by atoms with Gasteiger partial charge in [-0.2, -0.15) is 5.10 Å². The van der Waals surface area contributed by atoms with E-state index in [0.29, 0.717) is 12.1 Å². The number of fused-ring (bicyclic) bond motifs is 1. The van der Waals surface area contributed by atoms with Gasteiger partial charge in [0.15, 0.2) is 0 Å². The van der Waals surface area contributed by atoms with Crippen molar-refractivity contribution in [3.05, 3.63) is 53.5 Å². The number of aromatic nitrogens is 3. The Bertz CT molecular complexity index is 946. The lowest BCUT2D eigenvalue weighted by Crippen LogP contribution is -2.36. The van der Waals surface area contributed by atoms with Gasteiger partial charge in [-0.15, -0.1) is 0 Å². The third-order valence-corrected chi connectivity index (χ3v) is 4.37. The van der Waals surface area contributed by atoms with Crippen molar-refractivity contribution in [2.24, 2.45) is 7.05 Å². The van der Waals surface area contributed by atoms with E-state index in [1.165, 1.54) is 0 Å². The van der Waals surface area contributed by atoms with Crippen LogP contribution in [-0.4, -0.2) is 38.7 Å². The highest BCUT2D eigenvalue weighted by atomic mass is 16.5. The van der Waals surface area contributed by atoms with E-state index >= 15 is 0 Å². The minimum atomic E-state index is -0.00970. The van der Waals surface area contributed by atoms with Crippen LogP contribution in [0, 0.1) is 6.92 Å². The summed E-state index contributed by atoms with van der Waals surface area (Å²) in [5.74, 6) is 0.717. The largest absolute Gasteiger partial charge is 0.497 e. The Morgan fingerprint density at radius 3 is 2.69 bits per heavy atom. The normalized spacial score (nSPS) is 11.2. The minimum Gasteiger partial charge on any atom is -0.497 e. The molecular weight excluding hydrogens is 328 g/mol. The Balaban J connectivity index is 2.03. The summed E-state index contributed by atoms with van der Waals surface area (Å²) in [6.07, 6.45) is 3.73. The van der Waals surface area contributed by atoms with E-state index in [-0.39, 0.29) is 11.9 Å². The van der Waals surface area contributed by atoms with Crippen LogP contribution in [-0.2, 0) is 13.6 Å². The highest BCUT2D eigenvalue weighted by Crippen LogP contribution is 2.25. The Kier molecular flexibility index (Phi) is 4.93. The predicted molar refractivity (Wildman–Crippen MR) is 101 cm³/mol. The van der Waals surface area contributed by atoms with Crippen molar-refractivity contribution >= 4 is 16.8 Å². The topological polar surface area (TPSA) is 60.2 Å². The van der Waals surface area contributed by atoms with Crippen LogP contribution in [0.5, 0.6) is 5.75 Å². The Morgan fingerprint density at radius 2 is 2.08 bits per heavy atom. The zero-order valence-electron chi connectivity index (χ0n) is 15.9. The Labute approximate surface area is 153 Å². The molecule has 0 saturated carbocycles. The van der Waals surface area contributed by atoms with Gasteiger partial charge in [-0.3, -0.25) is 14.5 Å². The van der Waals surface area contributed by atoms with Gasteiger partial charge >= 0.3 is 0 Å². The molecule has 0 aliphatic rings. The molecule has 0 spiro atoms. The van der Waals surface area contributed by atoms with Crippen LogP contribution in [0.3, 0.4) is 0 Å². The third-order valence-electron chi connectivity index (χ3n) is 4.37. The zero-order chi connectivity index (χ0) is 18.8. The summed E-state index contributed by atoms with van der Waals surface area (Å²) < 4.78 is 7.03. The molecule has 0 aliphatic heterocycles. The van der Waals surface area contributed by atoms with Crippen molar-refractivity contribution in [1.29, 1.82) is 0 Å². The number of rotatable bonds is 5. The number of benzene rings is 1. The molecule has 0 bridgehead atoms. The second kappa shape index (κ2) is 7.15. The lowest BCUT2D eigenvalue weighted by Gasteiger charge is -2.27. The standard InChI is InChI=1S/C20H24N4O2/c1-13(2)24(12-15-10-21-23(4)11-15)20(25)18-8-14(3)22-19-9-16(26-5)6-7-17(18)19/h6-11,13H,12H2,1-5H3. The average molecular weight is 352 g/mol. The van der Waals surface area contributed by atoms with Gasteiger partial charge in [0.2, 0.25) is 0 Å². The van der Waals surface area contributed by atoms with Crippen LogP contribution in [0.25, 0.3) is 10.9 Å². The summed E-state index contributed by atoms with van der Waals surface area (Å²) in [7, 11) is 3.50. The fraction of sp³-hybridized carbons (Fsp3) is 0.350. The first-order valence-corrected chi connectivity index (χ1v) is 8.63. The third kappa shape index (κ3) is 3.54. The number of aryl methyl sites for hydroxylation is 2. The number of nitrogens with zero attached hydrogens (tertiary/aromatic N) is 4. The lowest BCUT2D eigenvalue weighted by molar-refractivity contribution is 0.0692. The molecular formula is C20H24N4O2. The smallest absolute Gasteiger partial charge is 0.255 e. The van der Waals surface area contributed by atoms with Crippen molar-refractivity contribution in [1.82, 2.24) is 19.7 Å². The molecule has 0 aliphatic carbocycles. The van der Waals surface area contributed by atoms with Crippen LogP contribution in [0.2, 0.25) is 0 Å². The van der Waals surface area contributed by atoms with Crippen molar-refractivity contribution in [3.63, 3.8) is 0 Å². The fourth-order valence-corrected chi connectivity index (χ4v) is 3.04. The number of hydrogen-bond donors (Lipinski definition) is 0. The average Bonchev–Trinajstić information content (AvgIpc) is 3.02. The Morgan fingerprint density at radius 1 is 1.31 bits per heavy atom. The Hall–Kier alpha value is -2.89. The number of ether oxygens (including phenoxy) is 1. The van der Waals surface area contributed by atoms with E-state index in [2.05, 4.69) is 10.1 Å². The first-order chi connectivity index (χ1) is 12.4. The molecule has 6 heteroatoms. The van der Waals surface area contributed by atoms with Crippen LogP contribution < -0.4 is 4.74 Å². The zero-order valence-corrected chi connectivity index (χ0v) is 15.9. The first kappa shape index (κ1) is 17.9. The molecule has 2 aromatic heterocycles. The van der Waals surface area contributed by atoms with Crippen molar-refractivity contribution < 1.29 is 9.53 Å². The molecule has 0 atom stereocenters. The van der Waals surface area contributed by atoms with Gasteiger partial charge in [-0.25, -0.2) is 0 Å². The number of pyridine rings is 1. The van der Waals surface area contributed by atoms with Crippen LogP contribution in [0.15, 0.2) is 36.7 Å². The molecule has 3 aromatic rings. The van der Waals surface area contributed by atoms with Gasteiger partial charge in [0.1, 0.15) is 5.75 Å². The van der Waals surface area contributed by atoms with Crippen molar-refractivity contribution in [3.8, 4) is 5.75 Å². The molecule has 0 radical (unpaired) electrons. The van der Waals surface area contributed by atoms with Gasteiger partial charge in [-0.1, -0.05) is 0 Å². The highest BCUT2D eigenvalue weighted by Gasteiger charge is 2.22. The summed E-state index contributed by atoms with van der Waals surface area (Å²) in [5.41, 5.74) is 3.23. The van der Waals surface area contributed by atoms with Gasteiger partial charge in [0.05, 0.1) is 24.4 Å². The second-order valence-corrected chi connectivity index (χ2v) is 6.74. The van der Waals surface area contributed by atoms with E-state index in [1.807, 2.05) is 63.2 Å². The summed E-state index contributed by atoms with van der Waals surface area (Å²) in [5, 5.41) is 5.03. The quantitative estimate of drug-likeness (QED) is 0.707. The number of amides is 1. The summed E-state index contributed by atoms with van der Waals surface area (Å²) in [6.45, 7) is 6.46. The molecule has 1 amide bonds. The van der Waals surface area contributed by atoms with E-state index < -0.39 is 0 Å². The highest BCUT2D eigenvalue weighted by molar-refractivity contribution is 6.06. The number of carbonyl (C=O) groups excluding carboxylic acids is 1. The molecule has 0 saturated heterocycles. The van der Waals surface area contributed by atoms with E-state index in [9.17, 15) is 4.79 Å². The lowest BCUT2D eigenvalue weighted by atomic mass is 10.0. The van der Waals surface area contributed by atoms with Crippen LogP contribution >= 0.6 is 0 Å². The van der Waals surface area contributed by atoms with Gasteiger partial charge in [0, 0.05) is 48.5 Å². The fourth-order valence-electron chi connectivity index (χ4n) is 3.04.